The topological polar surface area (TPSA) is 109 Å². The minimum atomic E-state index is -3.87. The summed E-state index contributed by atoms with van der Waals surface area (Å²) in [5.41, 5.74) is 0. The van der Waals surface area contributed by atoms with Gasteiger partial charge in [0.05, 0.1) is 12.7 Å². The number of rotatable bonds is 5. The van der Waals surface area contributed by atoms with E-state index in [1.807, 2.05) is 11.9 Å². The van der Waals surface area contributed by atoms with Crippen molar-refractivity contribution >= 4 is 31.9 Å². The molecule has 1 aliphatic rings. The molecule has 21 heavy (non-hydrogen) atoms. The lowest BCUT2D eigenvalue weighted by atomic mass is 10.3. The highest BCUT2D eigenvalue weighted by Gasteiger charge is 2.26. The quantitative estimate of drug-likeness (QED) is 0.755. The van der Waals surface area contributed by atoms with E-state index in [0.29, 0.717) is 13.2 Å². The number of halogens is 1. The number of nitrogens with zero attached hydrogens (tertiary/aromatic N) is 1. The zero-order valence-electron chi connectivity index (χ0n) is 11.2. The van der Waals surface area contributed by atoms with Gasteiger partial charge in [0.15, 0.2) is 4.67 Å². The number of morpholine rings is 1. The molecule has 118 valence electrons. The normalized spacial score (nSPS) is 20.6. The molecule has 2 N–H and O–H groups in total. The summed E-state index contributed by atoms with van der Waals surface area (Å²) >= 11 is 2.91. The number of likely N-dealkylation sites (N-methyl/N-ethyl adjacent to an activating group) is 1. The second-order valence-electron chi connectivity index (χ2n) is 4.66. The highest BCUT2D eigenvalue weighted by molar-refractivity contribution is 9.10. The lowest BCUT2D eigenvalue weighted by molar-refractivity contribution is -0.0156. The molecule has 2 rings (SSSR count). The Hall–Kier alpha value is -0.940. The molecule has 0 bridgehead atoms. The second-order valence-corrected chi connectivity index (χ2v) is 7.12. The van der Waals surface area contributed by atoms with Crippen LogP contribution < -0.4 is 4.72 Å². The smallest absolute Gasteiger partial charge is 0.371 e. The Morgan fingerprint density at radius 2 is 2.33 bits per heavy atom. The van der Waals surface area contributed by atoms with E-state index in [4.69, 9.17) is 14.3 Å². The molecule has 8 nitrogen and oxygen atoms in total. The SMILES string of the molecule is CN1CCOC(CNS(=O)(=O)c2cc(C(=O)O)oc2Br)C1. The van der Waals surface area contributed by atoms with Gasteiger partial charge in [-0.1, -0.05) is 0 Å². The van der Waals surface area contributed by atoms with Crippen molar-refractivity contribution in [1.82, 2.24) is 9.62 Å². The van der Waals surface area contributed by atoms with Crippen molar-refractivity contribution in [3.05, 3.63) is 16.5 Å². The monoisotopic (exact) mass is 382 g/mol. The zero-order valence-corrected chi connectivity index (χ0v) is 13.6. The van der Waals surface area contributed by atoms with Crippen LogP contribution in [0.3, 0.4) is 0 Å². The van der Waals surface area contributed by atoms with Crippen LogP contribution in [0.4, 0.5) is 0 Å². The number of nitrogens with one attached hydrogen (secondary N) is 1. The lowest BCUT2D eigenvalue weighted by Gasteiger charge is -2.29. The van der Waals surface area contributed by atoms with Gasteiger partial charge in [0.2, 0.25) is 15.8 Å². The van der Waals surface area contributed by atoms with Gasteiger partial charge in [-0.15, -0.1) is 0 Å². The van der Waals surface area contributed by atoms with Gasteiger partial charge >= 0.3 is 5.97 Å². The molecule has 0 aliphatic carbocycles. The van der Waals surface area contributed by atoms with Crippen LogP contribution in [0.25, 0.3) is 0 Å². The van der Waals surface area contributed by atoms with E-state index in [1.165, 1.54) is 0 Å². The third kappa shape index (κ3) is 4.04. The number of aromatic carboxylic acids is 1. The van der Waals surface area contributed by atoms with Crippen LogP contribution in [0.1, 0.15) is 10.6 Å². The van der Waals surface area contributed by atoms with E-state index < -0.39 is 21.8 Å². The summed E-state index contributed by atoms with van der Waals surface area (Å²) in [4.78, 5) is 12.6. The van der Waals surface area contributed by atoms with Gasteiger partial charge in [-0.3, -0.25) is 0 Å². The number of carboxylic acid groups (broad SMARTS) is 1. The molecule has 1 aromatic heterocycles. The predicted octanol–water partition coefficient (Wildman–Crippen LogP) is 0.349. The maximum absolute atomic E-state index is 12.1. The van der Waals surface area contributed by atoms with Crippen molar-refractivity contribution in [3.63, 3.8) is 0 Å². The van der Waals surface area contributed by atoms with Crippen molar-refractivity contribution in [2.24, 2.45) is 0 Å². The molecule has 1 unspecified atom stereocenters. The van der Waals surface area contributed by atoms with Gasteiger partial charge in [-0.05, 0) is 23.0 Å². The Labute approximate surface area is 130 Å². The fraction of sp³-hybridized carbons (Fsp3) is 0.545. The van der Waals surface area contributed by atoms with Crippen LogP contribution in [0.15, 0.2) is 20.0 Å². The van der Waals surface area contributed by atoms with Crippen LogP contribution in [0.2, 0.25) is 0 Å². The molecule has 0 spiro atoms. The number of carbonyl (C=O) groups is 1. The summed E-state index contributed by atoms with van der Waals surface area (Å²) in [7, 11) is -1.95. The Bertz CT molecular complexity index is 629. The van der Waals surface area contributed by atoms with E-state index in [-0.39, 0.29) is 22.2 Å². The predicted molar refractivity (Wildman–Crippen MR) is 75.8 cm³/mol. The number of ether oxygens (including phenoxy) is 1. The Morgan fingerprint density at radius 3 is 2.90 bits per heavy atom. The number of sulfonamides is 1. The fourth-order valence-electron chi connectivity index (χ4n) is 1.91. The molecular formula is C11H15BrN2O6S. The molecule has 1 aromatic rings. The summed E-state index contributed by atoms with van der Waals surface area (Å²) in [6.07, 6.45) is -0.247. The van der Waals surface area contributed by atoms with E-state index in [1.54, 1.807) is 0 Å². The Balaban J connectivity index is 2.06. The molecule has 2 heterocycles. The van der Waals surface area contributed by atoms with Crippen LogP contribution in [-0.4, -0.2) is 63.8 Å². The molecule has 1 aliphatic heterocycles. The average molecular weight is 383 g/mol. The Kier molecular flexibility index (Phi) is 5.04. The van der Waals surface area contributed by atoms with Crippen molar-refractivity contribution in [3.8, 4) is 0 Å². The van der Waals surface area contributed by atoms with Gasteiger partial charge < -0.3 is 19.2 Å². The molecule has 0 radical (unpaired) electrons. The molecule has 0 aromatic carbocycles. The second kappa shape index (κ2) is 6.44. The molecule has 1 fully saturated rings. The number of furan rings is 1. The first kappa shape index (κ1) is 16.4. The van der Waals surface area contributed by atoms with Crippen molar-refractivity contribution < 1.29 is 27.5 Å². The number of hydrogen-bond acceptors (Lipinski definition) is 6. The third-order valence-electron chi connectivity index (χ3n) is 3.00. The molecule has 0 saturated carbocycles. The summed E-state index contributed by atoms with van der Waals surface area (Å²) in [6.45, 7) is 2.07. The van der Waals surface area contributed by atoms with Crippen molar-refractivity contribution in [2.75, 3.05) is 33.3 Å². The minimum absolute atomic E-state index is 0.104. The first-order valence-corrected chi connectivity index (χ1v) is 8.39. The van der Waals surface area contributed by atoms with Gasteiger partial charge in [0, 0.05) is 25.7 Å². The average Bonchev–Trinajstić information content (AvgIpc) is 2.80. The molecular weight excluding hydrogens is 368 g/mol. The third-order valence-corrected chi connectivity index (χ3v) is 5.28. The highest BCUT2D eigenvalue weighted by Crippen LogP contribution is 2.26. The molecule has 10 heteroatoms. The van der Waals surface area contributed by atoms with Gasteiger partial charge in [-0.25, -0.2) is 17.9 Å². The van der Waals surface area contributed by atoms with E-state index >= 15 is 0 Å². The summed E-state index contributed by atoms with van der Waals surface area (Å²) in [5.74, 6) is -1.79. The number of hydrogen-bond donors (Lipinski definition) is 2. The first-order valence-electron chi connectivity index (χ1n) is 6.12. The molecule has 1 saturated heterocycles. The van der Waals surface area contributed by atoms with Gasteiger partial charge in [0.1, 0.15) is 4.90 Å². The standard InChI is InChI=1S/C11H15BrN2O6S/c1-14-2-3-19-7(6-14)5-13-21(17,18)9-4-8(11(15)16)20-10(9)12/h4,7,13H,2-3,5-6H2,1H3,(H,15,16). The van der Waals surface area contributed by atoms with Crippen LogP contribution in [0, 0.1) is 0 Å². The Morgan fingerprint density at radius 1 is 1.62 bits per heavy atom. The summed E-state index contributed by atoms with van der Waals surface area (Å²) in [6, 6.07) is 0.961. The molecule has 0 amide bonds. The summed E-state index contributed by atoms with van der Waals surface area (Å²) in [5, 5.41) is 8.80. The van der Waals surface area contributed by atoms with Gasteiger partial charge in [-0.2, -0.15) is 0 Å². The highest BCUT2D eigenvalue weighted by atomic mass is 79.9. The van der Waals surface area contributed by atoms with E-state index in [9.17, 15) is 13.2 Å². The van der Waals surface area contributed by atoms with Crippen LogP contribution >= 0.6 is 15.9 Å². The van der Waals surface area contributed by atoms with Crippen LogP contribution in [0.5, 0.6) is 0 Å². The maximum atomic E-state index is 12.1. The fourth-order valence-corrected chi connectivity index (χ4v) is 3.92. The van der Waals surface area contributed by atoms with Crippen LogP contribution in [-0.2, 0) is 14.8 Å². The lowest BCUT2D eigenvalue weighted by Crippen LogP contribution is -2.45. The largest absolute Gasteiger partial charge is 0.475 e. The molecule has 1 atom stereocenters. The minimum Gasteiger partial charge on any atom is -0.475 e. The number of carboxylic acids is 1. The first-order chi connectivity index (χ1) is 9.79. The van der Waals surface area contributed by atoms with E-state index in [0.717, 1.165) is 12.6 Å². The zero-order chi connectivity index (χ0) is 15.6. The van der Waals surface area contributed by atoms with Gasteiger partial charge in [0.25, 0.3) is 0 Å². The van der Waals surface area contributed by atoms with Crippen molar-refractivity contribution in [2.45, 2.75) is 11.0 Å². The summed E-state index contributed by atoms with van der Waals surface area (Å²) < 4.78 is 36.8. The van der Waals surface area contributed by atoms with Crippen molar-refractivity contribution in [1.29, 1.82) is 0 Å². The maximum Gasteiger partial charge on any atom is 0.371 e. The van der Waals surface area contributed by atoms with E-state index in [2.05, 4.69) is 20.7 Å².